The Kier molecular flexibility index (Phi) is 2.59. The molecule has 0 spiro atoms. The maximum absolute atomic E-state index is 4.74. The molecule has 1 aliphatic carbocycles. The molecule has 2 aromatic heterocycles. The fourth-order valence-electron chi connectivity index (χ4n) is 2.64. The van der Waals surface area contributed by atoms with E-state index in [0.717, 1.165) is 40.8 Å². The number of nitrogens with zero attached hydrogens (tertiary/aromatic N) is 2. The van der Waals surface area contributed by atoms with Gasteiger partial charge in [0.2, 0.25) is 0 Å². The number of allylic oxidation sites excluding steroid dienone is 1. The number of fused-ring (bicyclic) bond motifs is 2. The molecule has 0 atom stereocenters. The van der Waals surface area contributed by atoms with Gasteiger partial charge in [-0.05, 0) is 42.7 Å². The monoisotopic (exact) mass is 258 g/mol. The zero-order chi connectivity index (χ0) is 13.4. The summed E-state index contributed by atoms with van der Waals surface area (Å²) in [7, 11) is 0. The van der Waals surface area contributed by atoms with Crippen LogP contribution in [0.15, 0.2) is 54.6 Å². The van der Waals surface area contributed by atoms with Crippen LogP contribution in [0.3, 0.4) is 0 Å². The predicted octanol–water partition coefficient (Wildman–Crippen LogP) is 4.26. The number of benzene rings is 1. The summed E-state index contributed by atoms with van der Waals surface area (Å²) in [6.07, 6.45) is 6.50. The molecule has 0 saturated carbocycles. The van der Waals surface area contributed by atoms with Gasteiger partial charge in [-0.25, -0.2) is 9.97 Å². The lowest BCUT2D eigenvalue weighted by atomic mass is 10.0. The van der Waals surface area contributed by atoms with Gasteiger partial charge in [-0.2, -0.15) is 0 Å². The van der Waals surface area contributed by atoms with Gasteiger partial charge in [-0.15, -0.1) is 0 Å². The van der Waals surface area contributed by atoms with Crippen LogP contribution in [0.4, 0.5) is 0 Å². The Bertz CT molecular complexity index is 819. The molecule has 1 aromatic carbocycles. The van der Waals surface area contributed by atoms with E-state index >= 15 is 0 Å². The van der Waals surface area contributed by atoms with E-state index in [2.05, 4.69) is 36.4 Å². The van der Waals surface area contributed by atoms with Gasteiger partial charge < -0.3 is 0 Å². The molecule has 2 heterocycles. The van der Waals surface area contributed by atoms with Crippen molar-refractivity contribution < 1.29 is 0 Å². The van der Waals surface area contributed by atoms with Crippen molar-refractivity contribution in [2.75, 3.05) is 0 Å². The number of pyridine rings is 2. The lowest BCUT2D eigenvalue weighted by molar-refractivity contribution is 0.965. The Hall–Kier alpha value is -2.48. The Morgan fingerprint density at radius 1 is 0.800 bits per heavy atom. The Morgan fingerprint density at radius 2 is 1.65 bits per heavy atom. The summed E-state index contributed by atoms with van der Waals surface area (Å²) in [5, 5.41) is 1.16. The van der Waals surface area contributed by atoms with E-state index in [4.69, 9.17) is 9.97 Å². The summed E-state index contributed by atoms with van der Waals surface area (Å²) in [5.74, 6) is 0. The summed E-state index contributed by atoms with van der Waals surface area (Å²) in [4.78, 5) is 9.45. The predicted molar refractivity (Wildman–Crippen MR) is 82.3 cm³/mol. The Balaban J connectivity index is 1.85. The van der Waals surface area contributed by atoms with Crippen molar-refractivity contribution in [1.82, 2.24) is 9.97 Å². The van der Waals surface area contributed by atoms with Gasteiger partial charge in [0, 0.05) is 5.39 Å². The lowest BCUT2D eigenvalue weighted by Gasteiger charge is -2.11. The first-order valence-electron chi connectivity index (χ1n) is 6.93. The third-order valence-electron chi connectivity index (χ3n) is 3.73. The van der Waals surface area contributed by atoms with Gasteiger partial charge in [-0.1, -0.05) is 36.4 Å². The average Bonchev–Trinajstić information content (AvgIpc) is 2.54. The van der Waals surface area contributed by atoms with Crippen LogP contribution < -0.4 is 0 Å². The van der Waals surface area contributed by atoms with Gasteiger partial charge in [0.1, 0.15) is 0 Å². The third kappa shape index (κ3) is 1.90. The number of hydrogen-bond acceptors (Lipinski definition) is 2. The molecule has 4 rings (SSSR count). The van der Waals surface area contributed by atoms with E-state index in [1.807, 2.05) is 24.3 Å². The summed E-state index contributed by atoms with van der Waals surface area (Å²) >= 11 is 0. The molecular formula is C18H14N2. The summed E-state index contributed by atoms with van der Waals surface area (Å²) < 4.78 is 0. The van der Waals surface area contributed by atoms with E-state index in [1.165, 1.54) is 5.56 Å². The Morgan fingerprint density at radius 3 is 2.65 bits per heavy atom. The molecule has 0 saturated heterocycles. The first-order valence-corrected chi connectivity index (χ1v) is 6.93. The number of hydrogen-bond donors (Lipinski definition) is 0. The first-order chi connectivity index (χ1) is 9.90. The molecule has 2 nitrogen and oxygen atoms in total. The van der Waals surface area contributed by atoms with Crippen molar-refractivity contribution in [2.24, 2.45) is 0 Å². The molecule has 0 aliphatic heterocycles. The molecule has 2 heteroatoms. The van der Waals surface area contributed by atoms with Crippen molar-refractivity contribution in [3.8, 4) is 11.4 Å². The zero-order valence-corrected chi connectivity index (χ0v) is 11.1. The van der Waals surface area contributed by atoms with Gasteiger partial charge in [0.25, 0.3) is 0 Å². The van der Waals surface area contributed by atoms with Crippen LogP contribution in [-0.4, -0.2) is 9.97 Å². The minimum atomic E-state index is 0.936. The van der Waals surface area contributed by atoms with E-state index in [9.17, 15) is 0 Å². The molecule has 1 aliphatic rings. The fourth-order valence-corrected chi connectivity index (χ4v) is 2.64. The highest BCUT2D eigenvalue weighted by Crippen LogP contribution is 2.23. The van der Waals surface area contributed by atoms with Crippen LogP contribution in [0.1, 0.15) is 17.7 Å². The minimum Gasteiger partial charge on any atom is -0.247 e. The van der Waals surface area contributed by atoms with Crippen LogP contribution in [0.25, 0.3) is 28.4 Å². The number of aromatic nitrogens is 2. The molecule has 0 bridgehead atoms. The smallest absolute Gasteiger partial charge is 0.0894 e. The normalized spacial score (nSPS) is 13.4. The first kappa shape index (κ1) is 11.4. The van der Waals surface area contributed by atoms with Crippen molar-refractivity contribution in [1.29, 1.82) is 0 Å². The van der Waals surface area contributed by atoms with Crippen LogP contribution in [0.2, 0.25) is 0 Å². The van der Waals surface area contributed by atoms with E-state index < -0.39 is 0 Å². The molecule has 0 fully saturated rings. The van der Waals surface area contributed by atoms with Crippen LogP contribution in [0.5, 0.6) is 0 Å². The van der Waals surface area contributed by atoms with Gasteiger partial charge >= 0.3 is 0 Å². The van der Waals surface area contributed by atoms with Crippen molar-refractivity contribution in [2.45, 2.75) is 12.8 Å². The molecule has 0 unspecified atom stereocenters. The molecule has 20 heavy (non-hydrogen) atoms. The van der Waals surface area contributed by atoms with Crippen molar-refractivity contribution in [3.63, 3.8) is 0 Å². The average molecular weight is 258 g/mol. The standard InChI is InChI=1S/C18H14N2/c1-3-7-15-13(5-1)9-11-17(19-15)18-12-10-14-6-2-4-8-16(14)20-18/h1,3-5,7-12H,2,6H2. The van der Waals surface area contributed by atoms with Crippen LogP contribution in [0, 0.1) is 0 Å². The van der Waals surface area contributed by atoms with E-state index in [-0.39, 0.29) is 0 Å². The topological polar surface area (TPSA) is 25.8 Å². The quantitative estimate of drug-likeness (QED) is 0.652. The molecule has 96 valence electrons. The molecule has 0 radical (unpaired) electrons. The highest BCUT2D eigenvalue weighted by molar-refractivity contribution is 5.81. The zero-order valence-electron chi connectivity index (χ0n) is 11.1. The minimum absolute atomic E-state index is 0.936. The second kappa shape index (κ2) is 4.57. The lowest BCUT2D eigenvalue weighted by Crippen LogP contribution is -1.99. The number of para-hydroxylation sites is 1. The number of aryl methyl sites for hydroxylation is 1. The molecule has 0 amide bonds. The number of rotatable bonds is 1. The largest absolute Gasteiger partial charge is 0.247 e. The van der Waals surface area contributed by atoms with Crippen molar-refractivity contribution >= 4 is 17.0 Å². The summed E-state index contributed by atoms with van der Waals surface area (Å²) in [6, 6.07) is 16.6. The SMILES string of the molecule is C1=Cc2nc(-c3ccc4ccccc4n3)ccc2CC1. The second-order valence-corrected chi connectivity index (χ2v) is 5.07. The second-order valence-electron chi connectivity index (χ2n) is 5.07. The maximum Gasteiger partial charge on any atom is 0.0894 e. The fraction of sp³-hybridized carbons (Fsp3) is 0.111. The van der Waals surface area contributed by atoms with Gasteiger partial charge in [-0.3, -0.25) is 0 Å². The molecular weight excluding hydrogens is 244 g/mol. The van der Waals surface area contributed by atoms with E-state index in [1.54, 1.807) is 0 Å². The molecule has 0 N–H and O–H groups in total. The van der Waals surface area contributed by atoms with Gasteiger partial charge in [0.05, 0.1) is 22.6 Å². The van der Waals surface area contributed by atoms with Crippen molar-refractivity contribution in [3.05, 3.63) is 65.9 Å². The van der Waals surface area contributed by atoms with E-state index in [0.29, 0.717) is 0 Å². The highest BCUT2D eigenvalue weighted by Gasteiger charge is 2.09. The highest BCUT2D eigenvalue weighted by atomic mass is 14.8. The Labute approximate surface area is 117 Å². The van der Waals surface area contributed by atoms with Crippen LogP contribution >= 0.6 is 0 Å². The molecule has 3 aromatic rings. The van der Waals surface area contributed by atoms with Gasteiger partial charge in [0.15, 0.2) is 0 Å². The maximum atomic E-state index is 4.74. The third-order valence-corrected chi connectivity index (χ3v) is 3.73. The summed E-state index contributed by atoms with van der Waals surface area (Å²) in [6.45, 7) is 0. The van der Waals surface area contributed by atoms with Crippen LogP contribution in [-0.2, 0) is 6.42 Å². The summed E-state index contributed by atoms with van der Waals surface area (Å²) in [5.41, 5.74) is 5.31.